The number of fused-ring (bicyclic) bond motifs is 1. The van der Waals surface area contributed by atoms with Crippen LogP contribution in [-0.4, -0.2) is 74.7 Å². The Morgan fingerprint density at radius 1 is 1.09 bits per heavy atom. The van der Waals surface area contributed by atoms with Crippen LogP contribution in [0.15, 0.2) is 48.7 Å². The summed E-state index contributed by atoms with van der Waals surface area (Å²) in [4.78, 5) is 18.8. The van der Waals surface area contributed by atoms with E-state index in [1.165, 1.54) is 6.07 Å². The molecule has 6 rings (SSSR count). The van der Waals surface area contributed by atoms with Gasteiger partial charge in [0, 0.05) is 42.3 Å². The number of hydrogen-bond donors (Lipinski definition) is 2. The molecule has 2 aliphatic rings. The molecule has 0 amide bonds. The Morgan fingerprint density at radius 2 is 1.91 bits per heavy atom. The van der Waals surface area contributed by atoms with Gasteiger partial charge in [0.1, 0.15) is 11.6 Å². The van der Waals surface area contributed by atoms with Crippen molar-refractivity contribution in [1.29, 1.82) is 0 Å². The molecule has 232 valence electrons. The van der Waals surface area contributed by atoms with Crippen LogP contribution in [0.1, 0.15) is 26.2 Å². The van der Waals surface area contributed by atoms with Crippen molar-refractivity contribution < 1.29 is 21.9 Å². The molecule has 2 fully saturated rings. The zero-order chi connectivity index (χ0) is 30.8. The number of aromatic nitrogens is 3. The van der Waals surface area contributed by atoms with Crippen LogP contribution in [0.3, 0.4) is 0 Å². The van der Waals surface area contributed by atoms with E-state index in [1.54, 1.807) is 24.4 Å². The Kier molecular flexibility index (Phi) is 8.50. The molecule has 4 heterocycles. The molecule has 1 atom stereocenters. The minimum Gasteiger partial charge on any atom is -0.384 e. The summed E-state index contributed by atoms with van der Waals surface area (Å²) in [6, 6.07) is 12.0. The van der Waals surface area contributed by atoms with E-state index in [-0.39, 0.29) is 23.7 Å². The number of sulfonamides is 1. The van der Waals surface area contributed by atoms with Gasteiger partial charge in [-0.05, 0) is 62.1 Å². The quantitative estimate of drug-likeness (QED) is 0.265. The molecule has 0 spiro atoms. The first-order valence-electron chi connectivity index (χ1n) is 14.8. The number of ether oxygens (including phenoxy) is 1. The number of alkyl halides is 1. The van der Waals surface area contributed by atoms with Gasteiger partial charge in [-0.25, -0.2) is 27.8 Å². The molecule has 0 bridgehead atoms. The summed E-state index contributed by atoms with van der Waals surface area (Å²) in [5.74, 6) is 0.445. The number of hydrogen-bond acceptors (Lipinski definition) is 9. The maximum Gasteiger partial charge on any atom is 0.232 e. The molecule has 13 heteroatoms. The lowest BCUT2D eigenvalue weighted by molar-refractivity contribution is 0.0987. The minimum absolute atomic E-state index is 0.0249. The zero-order valence-electron chi connectivity index (χ0n) is 24.5. The highest BCUT2D eigenvalue weighted by Gasteiger charge is 2.27. The summed E-state index contributed by atoms with van der Waals surface area (Å²) in [6.07, 6.45) is 3.52. The summed E-state index contributed by atoms with van der Waals surface area (Å²) in [7, 11) is -3.93. The Hall–Kier alpha value is -4.10. The highest BCUT2D eigenvalue weighted by Crippen LogP contribution is 2.40. The van der Waals surface area contributed by atoms with Gasteiger partial charge in [0.05, 0.1) is 48.6 Å². The number of pyridine rings is 1. The molecular weight excluding hydrogens is 588 g/mol. The first-order chi connectivity index (χ1) is 21.2. The standard InChI is InChI=1S/C31H35F2N7O3S/c1-20-19-43-14-13-40(20)31-24-16-22(23-6-4-7-25(28(23)33)38-44(41,42)15-5-10-32)17-26(39-11-2-3-12-39)29(24)36-30(37-31)21-8-9-27(34)35-18-21/h4,6-9,16-18,20,38H,2-3,5,10-15,19H2,1H3,(H2,34,35)/t20-/m1/s1. The van der Waals surface area contributed by atoms with Gasteiger partial charge in [-0.1, -0.05) is 12.1 Å². The molecule has 2 aliphatic heterocycles. The Balaban J connectivity index is 1.56. The van der Waals surface area contributed by atoms with Gasteiger partial charge in [-0.3, -0.25) is 9.11 Å². The average Bonchev–Trinajstić information content (AvgIpc) is 3.56. The molecule has 0 saturated carbocycles. The van der Waals surface area contributed by atoms with Gasteiger partial charge in [-0.2, -0.15) is 0 Å². The Morgan fingerprint density at radius 3 is 2.64 bits per heavy atom. The number of anilines is 4. The SMILES string of the molecule is C[C@@H]1COCCN1c1nc(-c2ccc(N)nc2)nc2c(N3CCCC3)cc(-c3cccc(NS(=O)(=O)CCCF)c3F)cc12. The summed E-state index contributed by atoms with van der Waals surface area (Å²) < 4.78 is 61.7. The van der Waals surface area contributed by atoms with Crippen LogP contribution in [-0.2, 0) is 14.8 Å². The smallest absolute Gasteiger partial charge is 0.232 e. The largest absolute Gasteiger partial charge is 0.384 e. The van der Waals surface area contributed by atoms with E-state index in [2.05, 4.69) is 26.4 Å². The van der Waals surface area contributed by atoms with Crippen LogP contribution in [0.5, 0.6) is 0 Å². The topological polar surface area (TPSA) is 127 Å². The fraction of sp³-hybridized carbons (Fsp3) is 0.387. The van der Waals surface area contributed by atoms with E-state index in [9.17, 15) is 12.8 Å². The van der Waals surface area contributed by atoms with Crippen molar-refractivity contribution in [3.8, 4) is 22.5 Å². The lowest BCUT2D eigenvalue weighted by Crippen LogP contribution is -2.44. The lowest BCUT2D eigenvalue weighted by atomic mass is 9.99. The van der Waals surface area contributed by atoms with Crippen molar-refractivity contribution in [2.75, 3.05) is 65.5 Å². The van der Waals surface area contributed by atoms with E-state index < -0.39 is 28.3 Å². The Labute approximate surface area is 255 Å². The average molecular weight is 624 g/mol. The summed E-state index contributed by atoms with van der Waals surface area (Å²) in [5, 5.41) is 0.749. The number of halogens is 2. The molecule has 0 aliphatic carbocycles. The van der Waals surface area contributed by atoms with Gasteiger partial charge in [0.15, 0.2) is 11.6 Å². The first kappa shape index (κ1) is 29.9. The van der Waals surface area contributed by atoms with Crippen molar-refractivity contribution >= 4 is 43.9 Å². The van der Waals surface area contributed by atoms with Crippen molar-refractivity contribution in [1.82, 2.24) is 15.0 Å². The third kappa shape index (κ3) is 6.11. The number of benzene rings is 2. The Bertz CT molecular complexity index is 1770. The number of morpholine rings is 1. The van der Waals surface area contributed by atoms with E-state index in [4.69, 9.17) is 20.4 Å². The number of nitrogen functional groups attached to an aromatic ring is 1. The van der Waals surface area contributed by atoms with Crippen molar-refractivity contribution in [3.05, 3.63) is 54.5 Å². The molecule has 44 heavy (non-hydrogen) atoms. The van der Waals surface area contributed by atoms with Crippen LogP contribution in [0.2, 0.25) is 0 Å². The molecule has 0 radical (unpaired) electrons. The number of rotatable bonds is 9. The van der Waals surface area contributed by atoms with E-state index in [0.717, 1.165) is 48.1 Å². The van der Waals surface area contributed by atoms with E-state index in [1.807, 2.05) is 18.2 Å². The van der Waals surface area contributed by atoms with Crippen LogP contribution in [0.4, 0.5) is 31.8 Å². The van der Waals surface area contributed by atoms with Crippen LogP contribution in [0.25, 0.3) is 33.4 Å². The third-order valence-corrected chi connectivity index (χ3v) is 9.37. The lowest BCUT2D eigenvalue weighted by Gasteiger charge is -2.35. The number of nitrogens with two attached hydrogens (primary N) is 1. The summed E-state index contributed by atoms with van der Waals surface area (Å²) in [6.45, 7) is 4.61. The van der Waals surface area contributed by atoms with E-state index >= 15 is 4.39 Å². The van der Waals surface area contributed by atoms with Crippen molar-refractivity contribution in [3.63, 3.8) is 0 Å². The van der Waals surface area contributed by atoms with Crippen LogP contribution in [0, 0.1) is 5.82 Å². The molecule has 2 aromatic heterocycles. The van der Waals surface area contributed by atoms with Gasteiger partial charge in [-0.15, -0.1) is 0 Å². The zero-order valence-corrected chi connectivity index (χ0v) is 25.3. The summed E-state index contributed by atoms with van der Waals surface area (Å²) in [5.41, 5.74) is 8.76. The van der Waals surface area contributed by atoms with Gasteiger partial charge in [0.25, 0.3) is 0 Å². The number of nitrogens with one attached hydrogen (secondary N) is 1. The second kappa shape index (κ2) is 12.5. The maximum absolute atomic E-state index is 16.1. The molecular formula is C31H35F2N7O3S. The molecule has 2 saturated heterocycles. The molecule has 0 unspecified atom stereocenters. The first-order valence-corrected chi connectivity index (χ1v) is 16.4. The van der Waals surface area contributed by atoms with Gasteiger partial charge >= 0.3 is 0 Å². The maximum atomic E-state index is 16.1. The second-order valence-corrected chi connectivity index (χ2v) is 13.0. The fourth-order valence-corrected chi connectivity index (χ4v) is 6.86. The van der Waals surface area contributed by atoms with Crippen molar-refractivity contribution in [2.45, 2.75) is 32.2 Å². The molecule has 10 nitrogen and oxygen atoms in total. The van der Waals surface area contributed by atoms with Crippen LogP contribution >= 0.6 is 0 Å². The fourth-order valence-electron chi connectivity index (χ4n) is 5.78. The summed E-state index contributed by atoms with van der Waals surface area (Å²) >= 11 is 0. The molecule has 2 aromatic carbocycles. The van der Waals surface area contributed by atoms with Gasteiger partial charge in [0.2, 0.25) is 10.0 Å². The van der Waals surface area contributed by atoms with Gasteiger partial charge < -0.3 is 20.3 Å². The third-order valence-electron chi connectivity index (χ3n) is 8.01. The number of nitrogens with zero attached hydrogens (tertiary/aromatic N) is 5. The second-order valence-electron chi connectivity index (χ2n) is 11.2. The van der Waals surface area contributed by atoms with Crippen molar-refractivity contribution in [2.24, 2.45) is 0 Å². The predicted molar refractivity (Wildman–Crippen MR) is 170 cm³/mol. The molecule has 3 N–H and O–H groups in total. The minimum atomic E-state index is -3.93. The molecule has 4 aromatic rings. The monoisotopic (exact) mass is 623 g/mol. The highest BCUT2D eigenvalue weighted by atomic mass is 32.2. The van der Waals surface area contributed by atoms with Crippen LogP contribution < -0.4 is 20.3 Å². The normalized spacial score (nSPS) is 17.4. The predicted octanol–water partition coefficient (Wildman–Crippen LogP) is 5.01. The van der Waals surface area contributed by atoms with E-state index in [0.29, 0.717) is 42.8 Å². The highest BCUT2D eigenvalue weighted by molar-refractivity contribution is 7.92.